The Morgan fingerprint density at radius 3 is 2.87 bits per heavy atom. The van der Waals surface area contributed by atoms with Gasteiger partial charge in [-0.05, 0) is 36.4 Å². The van der Waals surface area contributed by atoms with Crippen molar-refractivity contribution in [2.45, 2.75) is 6.17 Å². The summed E-state index contributed by atoms with van der Waals surface area (Å²) in [5.74, 6) is 3.25. The van der Waals surface area contributed by atoms with Crippen molar-refractivity contribution in [1.82, 2.24) is 20.4 Å². The smallest absolute Gasteiger partial charge is 0.157 e. The van der Waals surface area contributed by atoms with E-state index in [2.05, 4.69) is 31.8 Å². The molecule has 0 bridgehead atoms. The number of nitrogens with zero attached hydrogens (tertiary/aromatic N) is 3. The van der Waals surface area contributed by atoms with Gasteiger partial charge in [-0.2, -0.15) is 16.9 Å². The van der Waals surface area contributed by atoms with Crippen LogP contribution in [-0.2, 0) is 0 Å². The molecule has 3 N–H and O–H groups in total. The van der Waals surface area contributed by atoms with Gasteiger partial charge in [0.05, 0.1) is 10.5 Å². The van der Waals surface area contributed by atoms with E-state index in [-0.39, 0.29) is 12.0 Å². The fraction of sp³-hybridized carbons (Fsp3) is 0.273. The topological polar surface area (TPSA) is 68.3 Å². The highest BCUT2D eigenvalue weighted by Crippen LogP contribution is 2.24. The summed E-state index contributed by atoms with van der Waals surface area (Å²) in [5.41, 5.74) is 2.66. The second-order valence-corrected chi connectivity index (χ2v) is 9.15. The molecule has 31 heavy (non-hydrogen) atoms. The lowest BCUT2D eigenvalue weighted by atomic mass is 10.1. The van der Waals surface area contributed by atoms with Crippen LogP contribution >= 0.6 is 23.4 Å². The third-order valence-corrected chi connectivity index (χ3v) is 6.61. The molecule has 160 valence electrons. The summed E-state index contributed by atoms with van der Waals surface area (Å²) in [5, 5.41) is 15.4. The maximum absolute atomic E-state index is 13.8. The Morgan fingerprint density at radius 1 is 1.19 bits per heavy atom. The Balaban J connectivity index is 1.46. The average molecular weight is 457 g/mol. The van der Waals surface area contributed by atoms with Gasteiger partial charge in [-0.3, -0.25) is 10.00 Å². The van der Waals surface area contributed by atoms with Crippen molar-refractivity contribution < 1.29 is 4.39 Å². The molecule has 1 atom stereocenters. The van der Waals surface area contributed by atoms with Crippen molar-refractivity contribution in [3.8, 4) is 0 Å². The Morgan fingerprint density at radius 2 is 2.03 bits per heavy atom. The summed E-state index contributed by atoms with van der Waals surface area (Å²) in [6, 6.07) is 12.2. The molecule has 1 saturated heterocycles. The SMILES string of the molecule is Fc1ccc2[nH]nc(NC3C=C(CN4CCSCC4)NC(c4ccccc4Cl)=N3)c2c1. The summed E-state index contributed by atoms with van der Waals surface area (Å²) in [6.07, 6.45) is 1.69. The number of fused-ring (bicyclic) bond motifs is 1. The van der Waals surface area contributed by atoms with E-state index < -0.39 is 0 Å². The maximum Gasteiger partial charge on any atom is 0.157 e. The highest BCUT2D eigenvalue weighted by atomic mass is 35.5. The Kier molecular flexibility index (Phi) is 5.85. The minimum atomic E-state index is -0.364. The second-order valence-electron chi connectivity index (χ2n) is 7.51. The summed E-state index contributed by atoms with van der Waals surface area (Å²) < 4.78 is 13.8. The van der Waals surface area contributed by atoms with E-state index in [1.807, 2.05) is 36.0 Å². The van der Waals surface area contributed by atoms with Gasteiger partial charge in [0.1, 0.15) is 17.8 Å². The highest BCUT2D eigenvalue weighted by Gasteiger charge is 2.22. The molecule has 0 spiro atoms. The first-order valence-corrected chi connectivity index (χ1v) is 11.7. The van der Waals surface area contributed by atoms with Crippen LogP contribution in [0.4, 0.5) is 10.2 Å². The fourth-order valence-corrected chi connectivity index (χ4v) is 4.99. The van der Waals surface area contributed by atoms with Crippen LogP contribution < -0.4 is 10.6 Å². The summed E-state index contributed by atoms with van der Waals surface area (Å²) >= 11 is 8.44. The van der Waals surface area contributed by atoms with Crippen LogP contribution in [0.3, 0.4) is 0 Å². The van der Waals surface area contributed by atoms with Gasteiger partial charge in [0, 0.05) is 47.8 Å². The molecule has 9 heteroatoms. The van der Waals surface area contributed by atoms with Gasteiger partial charge in [0.2, 0.25) is 0 Å². The Bertz CT molecular complexity index is 1150. The number of thioether (sulfide) groups is 1. The number of halogens is 2. The number of hydrogen-bond acceptors (Lipinski definition) is 6. The predicted octanol–water partition coefficient (Wildman–Crippen LogP) is 4.08. The predicted molar refractivity (Wildman–Crippen MR) is 126 cm³/mol. The zero-order chi connectivity index (χ0) is 21.2. The molecular weight excluding hydrogens is 435 g/mol. The largest absolute Gasteiger partial charge is 0.343 e. The number of anilines is 1. The fourth-order valence-electron chi connectivity index (χ4n) is 3.79. The maximum atomic E-state index is 13.8. The van der Waals surface area contributed by atoms with Crippen molar-refractivity contribution in [3.63, 3.8) is 0 Å². The molecule has 1 aromatic heterocycles. The molecule has 3 aromatic rings. The van der Waals surface area contributed by atoms with Crippen LogP contribution in [0.15, 0.2) is 59.2 Å². The lowest BCUT2D eigenvalue weighted by molar-refractivity contribution is 0.324. The monoisotopic (exact) mass is 456 g/mol. The van der Waals surface area contributed by atoms with E-state index in [1.54, 1.807) is 6.07 Å². The number of hydrogen-bond donors (Lipinski definition) is 3. The number of nitrogens with one attached hydrogen (secondary N) is 3. The van der Waals surface area contributed by atoms with Crippen LogP contribution in [0.5, 0.6) is 0 Å². The minimum absolute atomic E-state index is 0.304. The summed E-state index contributed by atoms with van der Waals surface area (Å²) in [4.78, 5) is 7.26. The van der Waals surface area contributed by atoms with Gasteiger partial charge < -0.3 is 10.6 Å². The van der Waals surface area contributed by atoms with Crippen molar-refractivity contribution in [2.24, 2.45) is 4.99 Å². The van der Waals surface area contributed by atoms with Crippen LogP contribution in [-0.4, -0.2) is 58.2 Å². The molecule has 3 heterocycles. The molecule has 1 unspecified atom stereocenters. The lowest BCUT2D eigenvalue weighted by Crippen LogP contribution is -2.41. The second kappa shape index (κ2) is 8.90. The van der Waals surface area contributed by atoms with Gasteiger partial charge in [-0.15, -0.1) is 0 Å². The molecular formula is C22H22ClFN6S. The molecule has 0 saturated carbocycles. The van der Waals surface area contributed by atoms with E-state index in [1.165, 1.54) is 12.1 Å². The minimum Gasteiger partial charge on any atom is -0.343 e. The number of rotatable bonds is 5. The number of aromatic amines is 1. The van der Waals surface area contributed by atoms with Gasteiger partial charge in [-0.1, -0.05) is 23.7 Å². The normalized spacial score (nSPS) is 19.6. The molecule has 0 amide bonds. The van der Waals surface area contributed by atoms with Crippen LogP contribution in [0.2, 0.25) is 5.02 Å². The van der Waals surface area contributed by atoms with E-state index in [9.17, 15) is 4.39 Å². The van der Waals surface area contributed by atoms with E-state index in [0.29, 0.717) is 22.1 Å². The highest BCUT2D eigenvalue weighted by molar-refractivity contribution is 7.99. The Hall–Kier alpha value is -2.55. The Labute approximate surface area is 188 Å². The first-order valence-electron chi connectivity index (χ1n) is 10.2. The van der Waals surface area contributed by atoms with Crippen molar-refractivity contribution in [2.75, 3.05) is 36.5 Å². The summed E-state index contributed by atoms with van der Waals surface area (Å²) in [6.45, 7) is 2.92. The van der Waals surface area contributed by atoms with E-state index >= 15 is 0 Å². The van der Waals surface area contributed by atoms with Crippen LogP contribution in [0, 0.1) is 5.82 Å². The van der Waals surface area contributed by atoms with Crippen LogP contribution in [0.25, 0.3) is 10.9 Å². The number of aromatic nitrogens is 2. The number of H-pyrrole nitrogens is 1. The first-order chi connectivity index (χ1) is 15.2. The van der Waals surface area contributed by atoms with Crippen molar-refractivity contribution in [1.29, 1.82) is 0 Å². The zero-order valence-corrected chi connectivity index (χ0v) is 18.3. The third kappa shape index (κ3) is 4.56. The van der Waals surface area contributed by atoms with Crippen molar-refractivity contribution >= 4 is 45.9 Å². The number of amidine groups is 1. The molecule has 2 aliphatic rings. The van der Waals surface area contributed by atoms with Crippen molar-refractivity contribution in [3.05, 3.63) is 70.6 Å². The van der Waals surface area contributed by atoms with E-state index in [0.717, 1.165) is 47.9 Å². The standard InChI is InChI=1S/C22H22ClFN6S/c23-18-4-2-1-3-16(18)21-25-15(13-30-7-9-31-10-8-30)12-20(26-21)27-22-17-11-14(24)5-6-19(17)28-29-22/h1-6,11-12,20H,7-10,13H2,(H,25,26)(H2,27,28,29). The molecule has 0 aliphatic carbocycles. The molecule has 6 nitrogen and oxygen atoms in total. The number of aliphatic imine (C=N–C) groups is 1. The first kappa shape index (κ1) is 20.4. The molecule has 1 fully saturated rings. The molecule has 2 aliphatic heterocycles. The summed E-state index contributed by atoms with van der Waals surface area (Å²) in [7, 11) is 0. The molecule has 0 radical (unpaired) electrons. The third-order valence-electron chi connectivity index (χ3n) is 5.34. The molecule has 2 aromatic carbocycles. The van der Waals surface area contributed by atoms with Gasteiger partial charge in [0.15, 0.2) is 5.82 Å². The van der Waals surface area contributed by atoms with Gasteiger partial charge >= 0.3 is 0 Å². The van der Waals surface area contributed by atoms with Gasteiger partial charge in [-0.25, -0.2) is 9.38 Å². The van der Waals surface area contributed by atoms with E-state index in [4.69, 9.17) is 16.6 Å². The lowest BCUT2D eigenvalue weighted by Gasteiger charge is -2.30. The molecule has 5 rings (SSSR count). The zero-order valence-electron chi connectivity index (χ0n) is 16.7. The van der Waals surface area contributed by atoms with Gasteiger partial charge in [0.25, 0.3) is 0 Å². The average Bonchev–Trinajstić information content (AvgIpc) is 3.16. The van der Waals surface area contributed by atoms with Crippen LogP contribution in [0.1, 0.15) is 5.56 Å². The number of benzene rings is 2. The quantitative estimate of drug-likeness (QED) is 0.540.